The molecular formula is C11H19N. The van der Waals surface area contributed by atoms with Gasteiger partial charge < -0.3 is 5.32 Å². The number of hydrogen-bond donors (Lipinski definition) is 1. The van der Waals surface area contributed by atoms with Crippen molar-refractivity contribution in [3.05, 3.63) is 12.2 Å². The molecule has 3 atom stereocenters. The third-order valence-electron chi connectivity index (χ3n) is 3.25. The molecule has 12 heavy (non-hydrogen) atoms. The summed E-state index contributed by atoms with van der Waals surface area (Å²) in [6, 6.07) is 0. The number of allylic oxidation sites excluding steroid dienone is 2. The van der Waals surface area contributed by atoms with E-state index in [1.165, 1.54) is 32.4 Å². The number of fused-ring (bicyclic) bond motifs is 2. The number of rotatable bonds is 4. The molecule has 0 aromatic heterocycles. The van der Waals surface area contributed by atoms with Crippen LogP contribution in [-0.4, -0.2) is 13.1 Å². The fourth-order valence-electron chi connectivity index (χ4n) is 2.59. The molecule has 1 heteroatoms. The lowest BCUT2D eigenvalue weighted by atomic mass is 9.94. The second-order valence-corrected chi connectivity index (χ2v) is 4.24. The molecule has 2 bridgehead atoms. The Hall–Kier alpha value is -0.300. The number of hydrogen-bond acceptors (Lipinski definition) is 1. The molecule has 1 saturated carbocycles. The molecular weight excluding hydrogens is 146 g/mol. The Morgan fingerprint density at radius 1 is 1.33 bits per heavy atom. The number of nitrogens with one attached hydrogen (secondary N) is 1. The van der Waals surface area contributed by atoms with E-state index in [0.717, 1.165) is 17.8 Å². The maximum atomic E-state index is 3.53. The molecule has 2 rings (SSSR count). The van der Waals surface area contributed by atoms with Crippen molar-refractivity contribution in [2.45, 2.75) is 26.2 Å². The van der Waals surface area contributed by atoms with Crippen molar-refractivity contribution in [2.24, 2.45) is 17.8 Å². The zero-order valence-electron chi connectivity index (χ0n) is 7.92. The highest BCUT2D eigenvalue weighted by Gasteiger charge is 2.34. The lowest BCUT2D eigenvalue weighted by molar-refractivity contribution is 0.415. The van der Waals surface area contributed by atoms with Gasteiger partial charge in [-0.3, -0.25) is 0 Å². The van der Waals surface area contributed by atoms with Crippen molar-refractivity contribution in [3.8, 4) is 0 Å². The molecule has 68 valence electrons. The molecule has 1 N–H and O–H groups in total. The maximum Gasteiger partial charge on any atom is -0.00147 e. The van der Waals surface area contributed by atoms with Gasteiger partial charge in [0, 0.05) is 0 Å². The lowest BCUT2D eigenvalue weighted by Gasteiger charge is -2.18. The van der Waals surface area contributed by atoms with Crippen molar-refractivity contribution in [2.75, 3.05) is 13.1 Å². The summed E-state index contributed by atoms with van der Waals surface area (Å²) in [6.45, 7) is 4.67. The molecule has 1 nitrogen and oxygen atoms in total. The first-order valence-electron chi connectivity index (χ1n) is 5.29. The molecule has 0 amide bonds. The summed E-state index contributed by atoms with van der Waals surface area (Å²) in [7, 11) is 0. The van der Waals surface area contributed by atoms with Crippen LogP contribution in [0.5, 0.6) is 0 Å². The summed E-state index contributed by atoms with van der Waals surface area (Å²) < 4.78 is 0. The summed E-state index contributed by atoms with van der Waals surface area (Å²) in [5.41, 5.74) is 0. The normalized spacial score (nSPS) is 37.9. The Bertz CT molecular complexity index is 174. The smallest absolute Gasteiger partial charge is 0.00147 e. The SMILES string of the molecule is CCCNC[C@@H]1C[C@H]2C=C[C@H]1C2. The average Bonchev–Trinajstić information content (AvgIpc) is 2.65. The van der Waals surface area contributed by atoms with Crippen molar-refractivity contribution in [1.82, 2.24) is 5.32 Å². The van der Waals surface area contributed by atoms with Gasteiger partial charge in [-0.25, -0.2) is 0 Å². The van der Waals surface area contributed by atoms with Crippen LogP contribution >= 0.6 is 0 Å². The van der Waals surface area contributed by atoms with E-state index in [-0.39, 0.29) is 0 Å². The highest BCUT2D eigenvalue weighted by atomic mass is 14.9. The molecule has 0 radical (unpaired) electrons. The fraction of sp³-hybridized carbons (Fsp3) is 0.818. The fourth-order valence-corrected chi connectivity index (χ4v) is 2.59. The Balaban J connectivity index is 1.73. The minimum atomic E-state index is 0.916. The van der Waals surface area contributed by atoms with Crippen LogP contribution in [0.25, 0.3) is 0 Å². The minimum absolute atomic E-state index is 0.916. The first kappa shape index (κ1) is 8.31. The Morgan fingerprint density at radius 2 is 2.25 bits per heavy atom. The summed E-state index contributed by atoms with van der Waals surface area (Å²) in [5, 5.41) is 3.53. The Kier molecular flexibility index (Phi) is 2.50. The van der Waals surface area contributed by atoms with E-state index in [2.05, 4.69) is 24.4 Å². The summed E-state index contributed by atoms with van der Waals surface area (Å²) in [5.74, 6) is 2.80. The van der Waals surface area contributed by atoms with E-state index in [1.807, 2.05) is 0 Å². The monoisotopic (exact) mass is 165 g/mol. The van der Waals surface area contributed by atoms with E-state index in [9.17, 15) is 0 Å². The van der Waals surface area contributed by atoms with Crippen LogP contribution < -0.4 is 5.32 Å². The first-order chi connectivity index (χ1) is 5.90. The zero-order chi connectivity index (χ0) is 8.39. The van der Waals surface area contributed by atoms with Crippen molar-refractivity contribution < 1.29 is 0 Å². The van der Waals surface area contributed by atoms with E-state index in [4.69, 9.17) is 0 Å². The molecule has 0 spiro atoms. The summed E-state index contributed by atoms with van der Waals surface area (Å²) >= 11 is 0. The first-order valence-corrected chi connectivity index (χ1v) is 5.29. The van der Waals surface area contributed by atoms with Crippen LogP contribution in [0, 0.1) is 17.8 Å². The van der Waals surface area contributed by atoms with Gasteiger partial charge in [0.2, 0.25) is 0 Å². The third kappa shape index (κ3) is 1.56. The molecule has 0 unspecified atom stereocenters. The zero-order valence-corrected chi connectivity index (χ0v) is 7.92. The van der Waals surface area contributed by atoms with Gasteiger partial charge in [0.25, 0.3) is 0 Å². The van der Waals surface area contributed by atoms with E-state index in [1.54, 1.807) is 0 Å². The van der Waals surface area contributed by atoms with Crippen LogP contribution in [-0.2, 0) is 0 Å². The van der Waals surface area contributed by atoms with Gasteiger partial charge in [-0.2, -0.15) is 0 Å². The average molecular weight is 165 g/mol. The molecule has 0 saturated heterocycles. The lowest BCUT2D eigenvalue weighted by Crippen LogP contribution is -2.25. The van der Waals surface area contributed by atoms with Crippen molar-refractivity contribution in [1.29, 1.82) is 0 Å². The minimum Gasteiger partial charge on any atom is -0.316 e. The van der Waals surface area contributed by atoms with Gasteiger partial charge in [0.15, 0.2) is 0 Å². The Labute approximate surface area is 75.2 Å². The van der Waals surface area contributed by atoms with Crippen molar-refractivity contribution >= 4 is 0 Å². The highest BCUT2D eigenvalue weighted by Crippen LogP contribution is 2.42. The summed E-state index contributed by atoms with van der Waals surface area (Å²) in [4.78, 5) is 0. The van der Waals surface area contributed by atoms with Gasteiger partial charge >= 0.3 is 0 Å². The predicted octanol–water partition coefficient (Wildman–Crippen LogP) is 2.20. The van der Waals surface area contributed by atoms with Crippen LogP contribution in [0.3, 0.4) is 0 Å². The van der Waals surface area contributed by atoms with Crippen LogP contribution in [0.4, 0.5) is 0 Å². The van der Waals surface area contributed by atoms with Gasteiger partial charge in [-0.15, -0.1) is 0 Å². The van der Waals surface area contributed by atoms with E-state index in [0.29, 0.717) is 0 Å². The highest BCUT2D eigenvalue weighted by molar-refractivity contribution is 5.10. The molecule has 2 aliphatic rings. The molecule has 2 aliphatic carbocycles. The van der Waals surface area contributed by atoms with E-state index >= 15 is 0 Å². The second-order valence-electron chi connectivity index (χ2n) is 4.24. The van der Waals surface area contributed by atoms with E-state index < -0.39 is 0 Å². The molecule has 0 heterocycles. The second kappa shape index (κ2) is 3.61. The Morgan fingerprint density at radius 3 is 2.83 bits per heavy atom. The quantitative estimate of drug-likeness (QED) is 0.497. The van der Waals surface area contributed by atoms with Crippen LogP contribution in [0.2, 0.25) is 0 Å². The predicted molar refractivity (Wildman–Crippen MR) is 52.0 cm³/mol. The third-order valence-corrected chi connectivity index (χ3v) is 3.25. The largest absolute Gasteiger partial charge is 0.316 e. The standard InChI is InChI=1S/C11H19N/c1-2-5-12-8-11-7-9-3-4-10(11)6-9/h3-4,9-12H,2,5-8H2,1H3/t9-,10-,11-/m0/s1. The molecule has 1 fully saturated rings. The summed E-state index contributed by atoms with van der Waals surface area (Å²) in [6.07, 6.45) is 9.00. The van der Waals surface area contributed by atoms with Gasteiger partial charge in [0.1, 0.15) is 0 Å². The molecule has 0 aliphatic heterocycles. The molecule has 0 aromatic rings. The maximum absolute atomic E-state index is 3.53. The molecule has 0 aromatic carbocycles. The van der Waals surface area contributed by atoms with Gasteiger partial charge in [0.05, 0.1) is 0 Å². The van der Waals surface area contributed by atoms with Gasteiger partial charge in [-0.05, 0) is 50.1 Å². The van der Waals surface area contributed by atoms with Gasteiger partial charge in [-0.1, -0.05) is 19.1 Å². The topological polar surface area (TPSA) is 12.0 Å². The van der Waals surface area contributed by atoms with Crippen LogP contribution in [0.15, 0.2) is 12.2 Å². The van der Waals surface area contributed by atoms with Crippen molar-refractivity contribution in [3.63, 3.8) is 0 Å². The van der Waals surface area contributed by atoms with Crippen LogP contribution in [0.1, 0.15) is 26.2 Å².